The summed E-state index contributed by atoms with van der Waals surface area (Å²) in [6.45, 7) is 3.20. The molecule has 1 fully saturated rings. The highest BCUT2D eigenvalue weighted by Gasteiger charge is 2.51. The highest BCUT2D eigenvalue weighted by molar-refractivity contribution is 7.47. The van der Waals surface area contributed by atoms with Gasteiger partial charge in [0, 0.05) is 12.8 Å². The van der Waals surface area contributed by atoms with Crippen LogP contribution in [-0.4, -0.2) is 98.3 Å². The van der Waals surface area contributed by atoms with E-state index in [0.29, 0.717) is 19.3 Å². The number of allylic oxidation sites excluding steroid dienone is 8. The fraction of sp³-hybridized carbons (Fsp3) is 0.783. The Hall–Kier alpha value is -2.19. The van der Waals surface area contributed by atoms with Gasteiger partial charge in [0.2, 0.25) is 0 Å². The molecule has 1 aliphatic carbocycles. The van der Waals surface area contributed by atoms with Crippen LogP contribution in [0.2, 0.25) is 0 Å². The minimum atomic E-state index is -5.13. The van der Waals surface area contributed by atoms with Crippen molar-refractivity contribution < 1.29 is 63.1 Å². The van der Waals surface area contributed by atoms with E-state index in [-0.39, 0.29) is 12.8 Å². The van der Waals surface area contributed by atoms with Gasteiger partial charge in [0.1, 0.15) is 43.2 Å². The van der Waals surface area contributed by atoms with Crippen molar-refractivity contribution in [2.45, 2.75) is 217 Å². The van der Waals surface area contributed by atoms with Crippen LogP contribution in [0.25, 0.3) is 0 Å². The SMILES string of the molecule is CCCC/C=C/C/C=C/CCCCCCCC(=O)O[C@@H](COC(=O)CCC/C=C/C/C=C/CCCCCCCCCCC)COP(=O)(O)OC1C(O)C(O)C(O)[C@H](O)C1O. The lowest BCUT2D eigenvalue weighted by Gasteiger charge is -2.41. The number of phosphoric acid groups is 1. The predicted molar refractivity (Wildman–Crippen MR) is 235 cm³/mol. The second-order valence-electron chi connectivity index (χ2n) is 15.9. The zero-order valence-corrected chi connectivity index (χ0v) is 37.6. The van der Waals surface area contributed by atoms with E-state index >= 15 is 0 Å². The molecule has 348 valence electrons. The molecule has 0 amide bonds. The molecule has 1 rings (SSSR count). The molecule has 0 aromatic carbocycles. The topological polar surface area (TPSA) is 210 Å². The van der Waals surface area contributed by atoms with Crippen LogP contribution in [0, 0.1) is 0 Å². The number of unbranched alkanes of at least 4 members (excludes halogenated alkanes) is 17. The molecule has 0 aromatic heterocycles. The maximum Gasteiger partial charge on any atom is 0.472 e. The molecule has 0 heterocycles. The zero-order valence-electron chi connectivity index (χ0n) is 36.7. The first-order valence-corrected chi connectivity index (χ1v) is 24.4. The lowest BCUT2D eigenvalue weighted by Crippen LogP contribution is -2.64. The maximum absolute atomic E-state index is 12.8. The number of phosphoric ester groups is 1. The summed E-state index contributed by atoms with van der Waals surface area (Å²) in [4.78, 5) is 35.6. The minimum Gasteiger partial charge on any atom is -0.462 e. The van der Waals surface area contributed by atoms with Crippen molar-refractivity contribution in [3.63, 3.8) is 0 Å². The van der Waals surface area contributed by atoms with Crippen molar-refractivity contribution in [2.24, 2.45) is 0 Å². The lowest BCUT2D eigenvalue weighted by molar-refractivity contribution is -0.220. The molecule has 6 unspecified atom stereocenters. The van der Waals surface area contributed by atoms with Crippen LogP contribution in [0.5, 0.6) is 0 Å². The molecule has 8 atom stereocenters. The summed E-state index contributed by atoms with van der Waals surface area (Å²) in [5.41, 5.74) is 0. The van der Waals surface area contributed by atoms with E-state index in [2.05, 4.69) is 56.4 Å². The number of aliphatic hydroxyl groups excluding tert-OH is 5. The number of hydrogen-bond donors (Lipinski definition) is 6. The number of ether oxygens (including phenoxy) is 2. The number of carbonyl (C=O) groups excluding carboxylic acids is 2. The van der Waals surface area contributed by atoms with Crippen LogP contribution in [0.3, 0.4) is 0 Å². The first kappa shape index (κ1) is 55.8. The summed E-state index contributed by atoms with van der Waals surface area (Å²) < 4.78 is 33.4. The van der Waals surface area contributed by atoms with Gasteiger partial charge in [-0.1, -0.05) is 146 Å². The van der Waals surface area contributed by atoms with Gasteiger partial charge in [0.05, 0.1) is 6.61 Å². The Morgan fingerprint density at radius 2 is 0.933 bits per heavy atom. The molecule has 0 spiro atoms. The molecule has 14 heteroatoms. The summed E-state index contributed by atoms with van der Waals surface area (Å²) in [7, 11) is -5.13. The van der Waals surface area contributed by atoms with E-state index in [1.54, 1.807) is 0 Å². The van der Waals surface area contributed by atoms with Gasteiger partial charge in [-0.3, -0.25) is 18.6 Å². The Morgan fingerprint density at radius 3 is 1.45 bits per heavy atom. The van der Waals surface area contributed by atoms with E-state index in [0.717, 1.165) is 57.8 Å². The molecule has 60 heavy (non-hydrogen) atoms. The van der Waals surface area contributed by atoms with Crippen LogP contribution < -0.4 is 0 Å². The smallest absolute Gasteiger partial charge is 0.462 e. The molecular formula is C46H81O13P. The van der Waals surface area contributed by atoms with Crippen molar-refractivity contribution in [1.82, 2.24) is 0 Å². The second-order valence-corrected chi connectivity index (χ2v) is 17.3. The summed E-state index contributed by atoms with van der Waals surface area (Å²) in [5.74, 6) is -1.17. The molecule has 0 bridgehead atoms. The van der Waals surface area contributed by atoms with Crippen molar-refractivity contribution in [2.75, 3.05) is 13.2 Å². The summed E-state index contributed by atoms with van der Waals surface area (Å²) in [6, 6.07) is 0. The monoisotopic (exact) mass is 873 g/mol. The Kier molecular flexibility index (Phi) is 33.8. The molecule has 1 aliphatic rings. The van der Waals surface area contributed by atoms with Crippen molar-refractivity contribution in [1.29, 1.82) is 0 Å². The molecule has 13 nitrogen and oxygen atoms in total. The number of carbonyl (C=O) groups is 2. The number of aliphatic hydroxyl groups is 5. The van der Waals surface area contributed by atoms with Crippen molar-refractivity contribution in [3.05, 3.63) is 48.6 Å². The summed E-state index contributed by atoms with van der Waals surface area (Å²) in [6.07, 6.45) is 28.9. The van der Waals surface area contributed by atoms with Gasteiger partial charge in [-0.25, -0.2) is 4.57 Å². The third-order valence-electron chi connectivity index (χ3n) is 10.4. The fourth-order valence-electron chi connectivity index (χ4n) is 6.64. The highest BCUT2D eigenvalue weighted by Crippen LogP contribution is 2.47. The van der Waals surface area contributed by atoms with Crippen LogP contribution >= 0.6 is 7.82 Å². The first-order chi connectivity index (χ1) is 28.9. The third kappa shape index (κ3) is 28.4. The molecule has 0 aliphatic heterocycles. The molecule has 1 saturated carbocycles. The Balaban J connectivity index is 2.50. The Bertz CT molecular complexity index is 1240. The Morgan fingerprint density at radius 1 is 0.517 bits per heavy atom. The van der Waals surface area contributed by atoms with Crippen molar-refractivity contribution in [3.8, 4) is 0 Å². The van der Waals surface area contributed by atoms with E-state index < -0.39 is 75.7 Å². The second kappa shape index (κ2) is 36.3. The molecule has 0 radical (unpaired) electrons. The zero-order chi connectivity index (χ0) is 44.3. The molecule has 0 saturated heterocycles. The van der Waals surface area contributed by atoms with Crippen LogP contribution in [-0.2, 0) is 32.7 Å². The van der Waals surface area contributed by atoms with E-state index in [9.17, 15) is 44.6 Å². The average molecular weight is 873 g/mol. The van der Waals surface area contributed by atoms with Gasteiger partial charge >= 0.3 is 19.8 Å². The van der Waals surface area contributed by atoms with Crippen LogP contribution in [0.4, 0.5) is 0 Å². The van der Waals surface area contributed by atoms with Crippen LogP contribution in [0.1, 0.15) is 174 Å². The maximum atomic E-state index is 12.8. The largest absolute Gasteiger partial charge is 0.472 e. The van der Waals surface area contributed by atoms with Gasteiger partial charge in [-0.2, -0.15) is 0 Å². The number of esters is 2. The van der Waals surface area contributed by atoms with Crippen molar-refractivity contribution >= 4 is 19.8 Å². The normalized spacial score (nSPS) is 22.6. The van der Waals surface area contributed by atoms with Gasteiger partial charge in [0.15, 0.2) is 6.10 Å². The van der Waals surface area contributed by atoms with E-state index in [1.165, 1.54) is 70.6 Å². The summed E-state index contributed by atoms with van der Waals surface area (Å²) >= 11 is 0. The van der Waals surface area contributed by atoms with E-state index in [4.69, 9.17) is 18.5 Å². The van der Waals surface area contributed by atoms with Gasteiger partial charge in [-0.05, 0) is 64.2 Å². The molecular weight excluding hydrogens is 791 g/mol. The highest BCUT2D eigenvalue weighted by atomic mass is 31.2. The standard InChI is InChI=1S/C46H81O13P/c1-3-5-7-9-11-13-15-17-19-20-21-23-24-26-28-30-32-34-39(47)56-36-38(37-57-60(54,55)59-46-44(52)42(50)41(49)43(51)45(46)53)58-40(48)35-33-31-29-27-25-22-18-16-14-12-10-8-6-4-2/h10,12,16,18,21,23,26,28,38,41-46,49-53H,3-9,11,13-15,17,19-20,22,24-25,27,29-37H2,1-2H3,(H,54,55)/b12-10+,18-16+,23-21+,28-26+/t38-,41?,42-,43?,44?,45?,46?/m0/s1. The third-order valence-corrected chi connectivity index (χ3v) is 11.4. The number of rotatable bonds is 37. The van der Waals surface area contributed by atoms with Crippen LogP contribution in [0.15, 0.2) is 48.6 Å². The molecule has 6 N–H and O–H groups in total. The summed E-state index contributed by atoms with van der Waals surface area (Å²) in [5, 5.41) is 50.1. The predicted octanol–water partition coefficient (Wildman–Crippen LogP) is 8.78. The minimum absolute atomic E-state index is 0.0708. The quantitative estimate of drug-likeness (QED) is 0.0149. The number of hydrogen-bond acceptors (Lipinski definition) is 12. The van der Waals surface area contributed by atoms with Gasteiger partial charge in [0.25, 0.3) is 0 Å². The molecule has 0 aromatic rings. The fourth-order valence-corrected chi connectivity index (χ4v) is 7.61. The lowest BCUT2D eigenvalue weighted by atomic mass is 9.85. The van der Waals surface area contributed by atoms with Gasteiger partial charge < -0.3 is 39.9 Å². The van der Waals surface area contributed by atoms with Gasteiger partial charge in [-0.15, -0.1) is 0 Å². The average Bonchev–Trinajstić information content (AvgIpc) is 3.23. The first-order valence-electron chi connectivity index (χ1n) is 22.9. The van der Waals surface area contributed by atoms with E-state index in [1.807, 2.05) is 6.08 Å². The Labute approximate surface area is 360 Å².